The van der Waals surface area contributed by atoms with Crippen molar-refractivity contribution in [1.29, 1.82) is 0 Å². The number of rotatable bonds is 4. The molecule has 1 aromatic carbocycles. The predicted molar refractivity (Wildman–Crippen MR) is 79.7 cm³/mol. The molecular weight excluding hydrogens is 256 g/mol. The molecule has 1 aliphatic rings. The third-order valence-corrected chi connectivity index (χ3v) is 3.93. The summed E-state index contributed by atoms with van der Waals surface area (Å²) in [4.78, 5) is 4.13. The molecular formula is C16H17ClN2. The first-order valence-corrected chi connectivity index (χ1v) is 7.06. The van der Waals surface area contributed by atoms with Gasteiger partial charge in [0.1, 0.15) is 0 Å². The van der Waals surface area contributed by atoms with E-state index in [0.717, 1.165) is 23.7 Å². The summed E-state index contributed by atoms with van der Waals surface area (Å²) in [6.07, 6.45) is 4.38. The summed E-state index contributed by atoms with van der Waals surface area (Å²) in [7, 11) is 0. The third kappa shape index (κ3) is 2.74. The lowest BCUT2D eigenvalue weighted by atomic mass is 10.0. The van der Waals surface area contributed by atoms with Gasteiger partial charge < -0.3 is 5.32 Å². The Labute approximate surface area is 118 Å². The number of hydrogen-bond donors (Lipinski definition) is 1. The Balaban J connectivity index is 1.79. The van der Waals surface area contributed by atoms with Crippen molar-refractivity contribution in [1.82, 2.24) is 4.98 Å². The van der Waals surface area contributed by atoms with E-state index < -0.39 is 0 Å². The SMILES string of the molecule is Cc1ccnc(Cl)c1NCc1ccccc1C1CC1. The lowest BCUT2D eigenvalue weighted by Crippen LogP contribution is -2.04. The van der Waals surface area contributed by atoms with E-state index in [4.69, 9.17) is 11.6 Å². The highest BCUT2D eigenvalue weighted by Crippen LogP contribution is 2.41. The van der Waals surface area contributed by atoms with Crippen LogP contribution in [0, 0.1) is 6.92 Å². The normalized spacial score (nSPS) is 14.4. The van der Waals surface area contributed by atoms with E-state index in [9.17, 15) is 0 Å². The van der Waals surface area contributed by atoms with Crippen LogP contribution in [0.2, 0.25) is 5.15 Å². The van der Waals surface area contributed by atoms with Crippen LogP contribution in [0.15, 0.2) is 36.5 Å². The van der Waals surface area contributed by atoms with Crippen molar-refractivity contribution in [2.24, 2.45) is 0 Å². The van der Waals surface area contributed by atoms with Gasteiger partial charge in [0.05, 0.1) is 5.69 Å². The second-order valence-electron chi connectivity index (χ2n) is 5.12. The lowest BCUT2D eigenvalue weighted by molar-refractivity contribution is 1.03. The van der Waals surface area contributed by atoms with Gasteiger partial charge in [0.15, 0.2) is 5.15 Å². The molecule has 1 heterocycles. The van der Waals surface area contributed by atoms with Crippen LogP contribution in [0.3, 0.4) is 0 Å². The van der Waals surface area contributed by atoms with Crippen molar-refractivity contribution in [2.45, 2.75) is 32.2 Å². The van der Waals surface area contributed by atoms with Gasteiger partial charge in [-0.25, -0.2) is 4.98 Å². The molecule has 1 N–H and O–H groups in total. The van der Waals surface area contributed by atoms with Crippen LogP contribution in [-0.2, 0) is 6.54 Å². The highest BCUT2D eigenvalue weighted by molar-refractivity contribution is 6.32. The number of halogens is 1. The number of hydrogen-bond acceptors (Lipinski definition) is 2. The second-order valence-corrected chi connectivity index (χ2v) is 5.48. The summed E-state index contributed by atoms with van der Waals surface area (Å²) < 4.78 is 0. The number of anilines is 1. The van der Waals surface area contributed by atoms with Gasteiger partial charge in [-0.3, -0.25) is 0 Å². The van der Waals surface area contributed by atoms with Crippen molar-refractivity contribution < 1.29 is 0 Å². The molecule has 0 radical (unpaired) electrons. The standard InChI is InChI=1S/C16H17ClN2/c1-11-8-9-18-16(17)15(11)19-10-13-4-2-3-5-14(13)12-6-7-12/h2-5,8-9,12,19H,6-7,10H2,1H3. The quantitative estimate of drug-likeness (QED) is 0.827. The smallest absolute Gasteiger partial charge is 0.152 e. The third-order valence-electron chi connectivity index (χ3n) is 3.64. The van der Waals surface area contributed by atoms with E-state index in [-0.39, 0.29) is 0 Å². The van der Waals surface area contributed by atoms with Crippen molar-refractivity contribution in [3.05, 3.63) is 58.4 Å². The molecule has 2 aromatic rings. The topological polar surface area (TPSA) is 24.9 Å². The maximum absolute atomic E-state index is 6.14. The zero-order valence-electron chi connectivity index (χ0n) is 11.0. The summed E-state index contributed by atoms with van der Waals surface area (Å²) >= 11 is 6.14. The Bertz CT molecular complexity index is 571. The fourth-order valence-electron chi connectivity index (χ4n) is 2.41. The monoisotopic (exact) mass is 272 g/mol. The maximum Gasteiger partial charge on any atom is 0.152 e. The van der Waals surface area contributed by atoms with E-state index >= 15 is 0 Å². The molecule has 2 nitrogen and oxygen atoms in total. The molecule has 98 valence electrons. The highest BCUT2D eigenvalue weighted by atomic mass is 35.5. The van der Waals surface area contributed by atoms with Crippen molar-refractivity contribution in [3.63, 3.8) is 0 Å². The number of aryl methyl sites for hydroxylation is 1. The van der Waals surface area contributed by atoms with Gasteiger partial charge in [0.2, 0.25) is 0 Å². The van der Waals surface area contributed by atoms with Crippen molar-refractivity contribution >= 4 is 17.3 Å². The second kappa shape index (κ2) is 5.22. The molecule has 0 unspecified atom stereocenters. The Morgan fingerprint density at radius 2 is 2.05 bits per heavy atom. The van der Waals surface area contributed by atoms with E-state index in [1.54, 1.807) is 6.20 Å². The summed E-state index contributed by atoms with van der Waals surface area (Å²) in [6.45, 7) is 2.85. The van der Waals surface area contributed by atoms with Gasteiger partial charge in [0.25, 0.3) is 0 Å². The molecule has 1 aromatic heterocycles. The molecule has 0 bridgehead atoms. The van der Waals surface area contributed by atoms with Gasteiger partial charge in [-0.15, -0.1) is 0 Å². The minimum absolute atomic E-state index is 0.545. The molecule has 0 saturated heterocycles. The molecule has 1 saturated carbocycles. The van der Waals surface area contributed by atoms with E-state index in [1.807, 2.05) is 13.0 Å². The minimum atomic E-state index is 0.545. The fraction of sp³-hybridized carbons (Fsp3) is 0.312. The lowest BCUT2D eigenvalue weighted by Gasteiger charge is -2.13. The summed E-state index contributed by atoms with van der Waals surface area (Å²) in [5.41, 5.74) is 4.91. The average Bonchev–Trinajstić information content (AvgIpc) is 3.23. The zero-order valence-corrected chi connectivity index (χ0v) is 11.7. The van der Waals surface area contributed by atoms with Crippen LogP contribution in [-0.4, -0.2) is 4.98 Å². The first-order valence-electron chi connectivity index (χ1n) is 6.68. The molecule has 0 amide bonds. The van der Waals surface area contributed by atoms with Crippen LogP contribution in [0.5, 0.6) is 0 Å². The Morgan fingerprint density at radius 1 is 1.26 bits per heavy atom. The number of pyridine rings is 1. The number of benzene rings is 1. The summed E-state index contributed by atoms with van der Waals surface area (Å²) in [5, 5.41) is 3.97. The number of nitrogens with zero attached hydrogens (tertiary/aromatic N) is 1. The summed E-state index contributed by atoms with van der Waals surface area (Å²) in [5.74, 6) is 0.767. The first kappa shape index (κ1) is 12.5. The highest BCUT2D eigenvalue weighted by Gasteiger charge is 2.25. The Kier molecular flexibility index (Phi) is 3.43. The Morgan fingerprint density at radius 3 is 2.79 bits per heavy atom. The first-order chi connectivity index (χ1) is 9.25. The van der Waals surface area contributed by atoms with Crippen LogP contribution in [0.1, 0.15) is 35.4 Å². The van der Waals surface area contributed by atoms with Gasteiger partial charge >= 0.3 is 0 Å². The van der Waals surface area contributed by atoms with Gasteiger partial charge in [-0.05, 0) is 48.4 Å². The van der Waals surface area contributed by atoms with Gasteiger partial charge in [-0.2, -0.15) is 0 Å². The van der Waals surface area contributed by atoms with Crippen LogP contribution in [0.4, 0.5) is 5.69 Å². The van der Waals surface area contributed by atoms with Crippen molar-refractivity contribution in [2.75, 3.05) is 5.32 Å². The van der Waals surface area contributed by atoms with E-state index in [0.29, 0.717) is 5.15 Å². The predicted octanol–water partition coefficient (Wildman–Crippen LogP) is 4.53. The molecule has 0 atom stereocenters. The molecule has 3 rings (SSSR count). The molecule has 0 spiro atoms. The van der Waals surface area contributed by atoms with Gasteiger partial charge in [-0.1, -0.05) is 35.9 Å². The average molecular weight is 273 g/mol. The van der Waals surface area contributed by atoms with Crippen molar-refractivity contribution in [3.8, 4) is 0 Å². The molecule has 1 aliphatic carbocycles. The van der Waals surface area contributed by atoms with Gasteiger partial charge in [0, 0.05) is 12.7 Å². The fourth-order valence-corrected chi connectivity index (χ4v) is 2.68. The van der Waals surface area contributed by atoms with E-state index in [1.165, 1.54) is 24.0 Å². The van der Waals surface area contributed by atoms with Crippen LogP contribution in [0.25, 0.3) is 0 Å². The van der Waals surface area contributed by atoms with Crippen LogP contribution < -0.4 is 5.32 Å². The molecule has 19 heavy (non-hydrogen) atoms. The molecule has 1 fully saturated rings. The number of aromatic nitrogens is 1. The maximum atomic E-state index is 6.14. The Hall–Kier alpha value is -1.54. The number of nitrogens with one attached hydrogen (secondary N) is 1. The minimum Gasteiger partial charge on any atom is -0.378 e. The molecule has 0 aliphatic heterocycles. The summed E-state index contributed by atoms with van der Waals surface area (Å²) in [6, 6.07) is 10.6. The van der Waals surface area contributed by atoms with Crippen LogP contribution >= 0.6 is 11.6 Å². The largest absolute Gasteiger partial charge is 0.378 e. The zero-order chi connectivity index (χ0) is 13.2. The van der Waals surface area contributed by atoms with E-state index in [2.05, 4.69) is 34.6 Å². The molecule has 3 heteroatoms.